The molecule has 0 aliphatic carbocycles. The molecule has 2 aliphatic heterocycles. The van der Waals surface area contributed by atoms with Crippen molar-refractivity contribution < 1.29 is 13.9 Å². The fourth-order valence-corrected chi connectivity index (χ4v) is 3.88. The summed E-state index contributed by atoms with van der Waals surface area (Å²) < 4.78 is 19.1. The third-order valence-corrected chi connectivity index (χ3v) is 5.23. The molecule has 2 aliphatic rings. The number of nitrogens with two attached hydrogens (primary N) is 1. The number of amides is 1. The molecule has 126 valence electrons. The van der Waals surface area contributed by atoms with Crippen LogP contribution >= 0.6 is 0 Å². The predicted molar refractivity (Wildman–Crippen MR) is 86.2 cm³/mol. The van der Waals surface area contributed by atoms with Crippen molar-refractivity contribution in [3.05, 3.63) is 35.1 Å². The van der Waals surface area contributed by atoms with Gasteiger partial charge in [-0.1, -0.05) is 12.1 Å². The molecule has 0 radical (unpaired) electrons. The Labute approximate surface area is 136 Å². The van der Waals surface area contributed by atoms with Crippen LogP contribution in [0.2, 0.25) is 0 Å². The van der Waals surface area contributed by atoms with Crippen molar-refractivity contribution >= 4 is 5.91 Å². The third-order valence-electron chi connectivity index (χ3n) is 5.23. The number of benzene rings is 1. The molecule has 4 nitrogen and oxygen atoms in total. The lowest BCUT2D eigenvalue weighted by atomic mass is 9.84. The van der Waals surface area contributed by atoms with Gasteiger partial charge >= 0.3 is 0 Å². The molecule has 0 unspecified atom stereocenters. The fourth-order valence-electron chi connectivity index (χ4n) is 3.88. The van der Waals surface area contributed by atoms with Crippen LogP contribution < -0.4 is 5.73 Å². The van der Waals surface area contributed by atoms with E-state index in [1.165, 1.54) is 0 Å². The Morgan fingerprint density at radius 2 is 2.09 bits per heavy atom. The zero-order chi connectivity index (χ0) is 16.4. The average Bonchev–Trinajstić information content (AvgIpc) is 3.01. The van der Waals surface area contributed by atoms with E-state index in [1.54, 1.807) is 13.0 Å². The maximum atomic E-state index is 13.3. The van der Waals surface area contributed by atoms with E-state index in [0.717, 1.165) is 44.5 Å². The minimum absolute atomic E-state index is 0.00251. The van der Waals surface area contributed by atoms with Crippen molar-refractivity contribution in [1.82, 2.24) is 4.90 Å². The molecule has 2 fully saturated rings. The minimum Gasteiger partial charge on any atom is -0.377 e. The van der Waals surface area contributed by atoms with E-state index in [2.05, 4.69) is 4.90 Å². The summed E-state index contributed by atoms with van der Waals surface area (Å²) in [4.78, 5) is 13.9. The molecule has 0 saturated carbocycles. The Hall–Kier alpha value is -1.46. The van der Waals surface area contributed by atoms with Crippen molar-refractivity contribution in [2.24, 2.45) is 17.6 Å². The molecule has 1 aromatic carbocycles. The highest BCUT2D eigenvalue weighted by Crippen LogP contribution is 2.33. The van der Waals surface area contributed by atoms with Gasteiger partial charge in [-0.15, -0.1) is 0 Å². The van der Waals surface area contributed by atoms with E-state index in [0.29, 0.717) is 18.1 Å². The maximum absolute atomic E-state index is 13.3. The zero-order valence-corrected chi connectivity index (χ0v) is 13.6. The van der Waals surface area contributed by atoms with Gasteiger partial charge in [0.05, 0.1) is 12.0 Å². The molecule has 2 atom stereocenters. The lowest BCUT2D eigenvalue weighted by Crippen LogP contribution is -2.41. The summed E-state index contributed by atoms with van der Waals surface area (Å²) in [5, 5.41) is 0. The fraction of sp³-hybridized carbons (Fsp3) is 0.611. The maximum Gasteiger partial charge on any atom is 0.223 e. The molecule has 5 heteroatoms. The Bertz CT molecular complexity index is 570. The quantitative estimate of drug-likeness (QED) is 0.925. The van der Waals surface area contributed by atoms with Crippen LogP contribution in [0.4, 0.5) is 4.39 Å². The normalized spacial score (nSPS) is 26.5. The van der Waals surface area contributed by atoms with Crippen LogP contribution in [-0.4, -0.2) is 36.6 Å². The first-order valence-corrected chi connectivity index (χ1v) is 8.43. The number of aryl methyl sites for hydroxylation is 1. The van der Waals surface area contributed by atoms with Crippen LogP contribution in [0.25, 0.3) is 0 Å². The highest BCUT2D eigenvalue weighted by molar-refractivity contribution is 5.77. The smallest absolute Gasteiger partial charge is 0.223 e. The van der Waals surface area contributed by atoms with Crippen LogP contribution in [0.5, 0.6) is 0 Å². The number of carbonyl (C=O) groups is 1. The Morgan fingerprint density at radius 3 is 2.74 bits per heavy atom. The summed E-state index contributed by atoms with van der Waals surface area (Å²) in [7, 11) is 0. The molecule has 0 bridgehead atoms. The molecule has 2 heterocycles. The third kappa shape index (κ3) is 3.72. The van der Waals surface area contributed by atoms with E-state index >= 15 is 0 Å². The number of primary amides is 1. The van der Waals surface area contributed by atoms with Crippen molar-refractivity contribution in [3.8, 4) is 0 Å². The number of ether oxygens (including phenoxy) is 1. The molecule has 23 heavy (non-hydrogen) atoms. The second-order valence-corrected chi connectivity index (χ2v) is 6.83. The van der Waals surface area contributed by atoms with E-state index in [4.69, 9.17) is 10.5 Å². The molecular formula is C18H25FN2O2. The number of piperidine rings is 1. The largest absolute Gasteiger partial charge is 0.377 e. The lowest BCUT2D eigenvalue weighted by Gasteiger charge is -2.35. The van der Waals surface area contributed by atoms with E-state index in [-0.39, 0.29) is 23.7 Å². The van der Waals surface area contributed by atoms with Crippen LogP contribution in [0.3, 0.4) is 0 Å². The number of likely N-dealkylation sites (tertiary alicyclic amines) is 1. The number of halogens is 1. The number of carbonyl (C=O) groups excluding carboxylic acids is 1. The average molecular weight is 320 g/mol. The molecular weight excluding hydrogens is 295 g/mol. The van der Waals surface area contributed by atoms with Gasteiger partial charge in [0.2, 0.25) is 5.91 Å². The topological polar surface area (TPSA) is 55.6 Å². The summed E-state index contributed by atoms with van der Waals surface area (Å²) >= 11 is 0. The Kier molecular flexibility index (Phi) is 4.97. The number of hydrogen-bond acceptors (Lipinski definition) is 3. The lowest BCUT2D eigenvalue weighted by molar-refractivity contribution is -0.124. The summed E-state index contributed by atoms with van der Waals surface area (Å²) in [5.41, 5.74) is 7.33. The zero-order valence-electron chi connectivity index (χ0n) is 13.6. The van der Waals surface area contributed by atoms with Gasteiger partial charge in [-0.25, -0.2) is 4.39 Å². The second kappa shape index (κ2) is 6.97. The summed E-state index contributed by atoms with van der Waals surface area (Å²) in [5.74, 6) is -0.0763. The summed E-state index contributed by atoms with van der Waals surface area (Å²) in [6.07, 6.45) is 2.81. The molecule has 1 aromatic rings. The van der Waals surface area contributed by atoms with E-state index < -0.39 is 0 Å². The first-order chi connectivity index (χ1) is 11.0. The van der Waals surface area contributed by atoms with E-state index in [1.807, 2.05) is 12.1 Å². The van der Waals surface area contributed by atoms with Gasteiger partial charge in [0, 0.05) is 13.2 Å². The van der Waals surface area contributed by atoms with Gasteiger partial charge in [-0.3, -0.25) is 9.69 Å². The second-order valence-electron chi connectivity index (χ2n) is 6.83. The highest BCUT2D eigenvalue weighted by Gasteiger charge is 2.39. The number of nitrogens with zero attached hydrogens (tertiary/aromatic N) is 1. The molecule has 3 rings (SSSR count). The monoisotopic (exact) mass is 320 g/mol. The van der Waals surface area contributed by atoms with Crippen LogP contribution in [-0.2, 0) is 16.1 Å². The first-order valence-electron chi connectivity index (χ1n) is 8.43. The molecule has 2 N–H and O–H groups in total. The molecule has 0 spiro atoms. The van der Waals surface area contributed by atoms with Crippen molar-refractivity contribution in [2.45, 2.75) is 38.8 Å². The van der Waals surface area contributed by atoms with Gasteiger partial charge in [0.1, 0.15) is 5.82 Å². The Balaban J connectivity index is 1.54. The summed E-state index contributed by atoms with van der Waals surface area (Å²) in [6.45, 7) is 5.25. The van der Waals surface area contributed by atoms with Gasteiger partial charge in [0.25, 0.3) is 0 Å². The van der Waals surface area contributed by atoms with Gasteiger partial charge in [-0.2, -0.15) is 0 Å². The van der Waals surface area contributed by atoms with Gasteiger partial charge in [-0.05, 0) is 62.4 Å². The standard InChI is InChI=1S/C18H25FN2O2/c1-12-10-13(2-3-16(12)19)11-21-7-4-14(5-8-21)17-15(18(20)22)6-9-23-17/h2-3,10,14-15,17H,4-9,11H2,1H3,(H2,20,22)/t15-,17+/m0/s1. The Morgan fingerprint density at radius 1 is 1.35 bits per heavy atom. The SMILES string of the molecule is Cc1cc(CN2CCC([C@H]3OCC[C@@H]3C(N)=O)CC2)ccc1F. The van der Waals surface area contributed by atoms with E-state index in [9.17, 15) is 9.18 Å². The number of hydrogen-bond donors (Lipinski definition) is 1. The highest BCUT2D eigenvalue weighted by atomic mass is 19.1. The molecule has 2 saturated heterocycles. The van der Waals surface area contributed by atoms with Crippen molar-refractivity contribution in [3.63, 3.8) is 0 Å². The van der Waals surface area contributed by atoms with Crippen LogP contribution in [0.15, 0.2) is 18.2 Å². The summed E-state index contributed by atoms with van der Waals surface area (Å²) in [6, 6.07) is 5.32. The minimum atomic E-state index is -0.225. The van der Waals surface area contributed by atoms with Crippen molar-refractivity contribution in [1.29, 1.82) is 0 Å². The van der Waals surface area contributed by atoms with Gasteiger partial charge in [0.15, 0.2) is 0 Å². The predicted octanol–water partition coefficient (Wildman–Crippen LogP) is 2.24. The van der Waals surface area contributed by atoms with Crippen LogP contribution in [0.1, 0.15) is 30.4 Å². The first kappa shape index (κ1) is 16.4. The van der Waals surface area contributed by atoms with Crippen LogP contribution in [0, 0.1) is 24.6 Å². The molecule has 0 aromatic heterocycles. The van der Waals surface area contributed by atoms with Crippen molar-refractivity contribution in [2.75, 3.05) is 19.7 Å². The van der Waals surface area contributed by atoms with Gasteiger partial charge < -0.3 is 10.5 Å². The molecule has 1 amide bonds. The number of rotatable bonds is 4.